The number of hydrogen-bond acceptors (Lipinski definition) is 5. The van der Waals surface area contributed by atoms with E-state index in [4.69, 9.17) is 9.84 Å². The summed E-state index contributed by atoms with van der Waals surface area (Å²) in [6.45, 7) is 0.177. The van der Waals surface area contributed by atoms with Crippen molar-refractivity contribution in [3.8, 4) is 17.0 Å². The number of aromatic amines is 1. The average molecular weight is 344 g/mol. The van der Waals surface area contributed by atoms with Gasteiger partial charge in [0, 0.05) is 19.7 Å². The molecule has 2 heterocycles. The van der Waals surface area contributed by atoms with Gasteiger partial charge in [-0.05, 0) is 36.2 Å². The van der Waals surface area contributed by atoms with Gasteiger partial charge in [-0.2, -0.15) is 5.10 Å². The van der Waals surface area contributed by atoms with Crippen molar-refractivity contribution in [1.29, 1.82) is 0 Å². The molecule has 3 rings (SSSR count). The Bertz CT molecular complexity index is 771. The maximum Gasteiger partial charge on any atom is 0.323 e. The molecule has 2 aromatic rings. The summed E-state index contributed by atoms with van der Waals surface area (Å²) < 4.78 is 5.15. The van der Waals surface area contributed by atoms with E-state index in [9.17, 15) is 9.59 Å². The van der Waals surface area contributed by atoms with Gasteiger partial charge in [0.2, 0.25) is 5.91 Å². The Morgan fingerprint density at radius 3 is 2.80 bits per heavy atom. The van der Waals surface area contributed by atoms with Gasteiger partial charge in [-0.3, -0.25) is 14.7 Å². The van der Waals surface area contributed by atoms with E-state index in [-0.39, 0.29) is 12.5 Å². The van der Waals surface area contributed by atoms with E-state index in [1.807, 2.05) is 30.3 Å². The van der Waals surface area contributed by atoms with Crippen LogP contribution in [0.4, 0.5) is 5.82 Å². The van der Waals surface area contributed by atoms with Crippen molar-refractivity contribution in [3.63, 3.8) is 0 Å². The second-order valence-electron chi connectivity index (χ2n) is 5.94. The van der Waals surface area contributed by atoms with Crippen LogP contribution >= 0.6 is 0 Å². The van der Waals surface area contributed by atoms with Gasteiger partial charge >= 0.3 is 5.97 Å². The van der Waals surface area contributed by atoms with Crippen LogP contribution in [0.15, 0.2) is 30.3 Å². The lowest BCUT2D eigenvalue weighted by Crippen LogP contribution is -2.41. The molecule has 1 aliphatic heterocycles. The zero-order valence-electron chi connectivity index (χ0n) is 14.1. The van der Waals surface area contributed by atoms with E-state index in [1.165, 1.54) is 4.90 Å². The van der Waals surface area contributed by atoms with Crippen molar-refractivity contribution in [1.82, 2.24) is 15.1 Å². The summed E-state index contributed by atoms with van der Waals surface area (Å²) >= 11 is 0. The largest absolute Gasteiger partial charge is 0.497 e. The average Bonchev–Trinajstić information content (AvgIpc) is 3.22. The number of carboxylic acids is 1. The SMILES string of the molecule is COc1ccc(-c2cc(N(C)C3CCN(CC(=O)O)C3=O)n[nH]2)cc1. The van der Waals surface area contributed by atoms with Crippen molar-refractivity contribution in [2.45, 2.75) is 12.5 Å². The third-order valence-electron chi connectivity index (χ3n) is 4.39. The smallest absolute Gasteiger partial charge is 0.323 e. The molecule has 1 atom stereocenters. The fraction of sp³-hybridized carbons (Fsp3) is 0.353. The van der Waals surface area contributed by atoms with Crippen molar-refractivity contribution in [2.75, 3.05) is 32.1 Å². The molecule has 1 fully saturated rings. The Balaban J connectivity index is 1.73. The highest BCUT2D eigenvalue weighted by molar-refractivity contribution is 5.89. The Morgan fingerprint density at radius 2 is 2.16 bits per heavy atom. The number of ether oxygens (including phenoxy) is 1. The van der Waals surface area contributed by atoms with Gasteiger partial charge in [-0.1, -0.05) is 0 Å². The fourth-order valence-electron chi connectivity index (χ4n) is 2.97. The summed E-state index contributed by atoms with van der Waals surface area (Å²) in [5.74, 6) is 0.231. The van der Waals surface area contributed by atoms with Crippen molar-refractivity contribution >= 4 is 17.7 Å². The number of carbonyl (C=O) groups excluding carboxylic acids is 1. The van der Waals surface area contributed by atoms with Gasteiger partial charge in [-0.15, -0.1) is 0 Å². The number of aromatic nitrogens is 2. The molecule has 0 aliphatic carbocycles. The number of rotatable bonds is 6. The van der Waals surface area contributed by atoms with E-state index in [0.717, 1.165) is 17.0 Å². The highest BCUT2D eigenvalue weighted by Gasteiger charge is 2.36. The number of carboxylic acid groups (broad SMARTS) is 1. The lowest BCUT2D eigenvalue weighted by atomic mass is 10.1. The number of likely N-dealkylation sites (tertiary alicyclic amines) is 1. The van der Waals surface area contributed by atoms with Crippen LogP contribution in [0.1, 0.15) is 6.42 Å². The zero-order chi connectivity index (χ0) is 18.0. The number of aliphatic carboxylic acids is 1. The minimum absolute atomic E-state index is 0.182. The summed E-state index contributed by atoms with van der Waals surface area (Å²) in [5.41, 5.74) is 1.79. The number of methoxy groups -OCH3 is 1. The Kier molecular flexibility index (Phi) is 4.60. The van der Waals surface area contributed by atoms with Crippen LogP contribution in [0.2, 0.25) is 0 Å². The fourth-order valence-corrected chi connectivity index (χ4v) is 2.97. The zero-order valence-corrected chi connectivity index (χ0v) is 14.1. The molecular weight excluding hydrogens is 324 g/mol. The number of benzene rings is 1. The van der Waals surface area contributed by atoms with Gasteiger partial charge in [-0.25, -0.2) is 0 Å². The molecule has 1 aliphatic rings. The predicted molar refractivity (Wildman–Crippen MR) is 91.6 cm³/mol. The number of likely N-dealkylation sites (N-methyl/N-ethyl adjacent to an activating group) is 1. The number of anilines is 1. The van der Waals surface area contributed by atoms with Gasteiger partial charge in [0.1, 0.15) is 18.3 Å². The van der Waals surface area contributed by atoms with Crippen LogP contribution in [0.25, 0.3) is 11.3 Å². The summed E-state index contributed by atoms with van der Waals surface area (Å²) in [5, 5.41) is 16.1. The Morgan fingerprint density at radius 1 is 1.44 bits per heavy atom. The first-order valence-electron chi connectivity index (χ1n) is 7.93. The lowest BCUT2D eigenvalue weighted by Gasteiger charge is -2.23. The molecule has 8 nitrogen and oxygen atoms in total. The topological polar surface area (TPSA) is 98.8 Å². The normalized spacial score (nSPS) is 17.0. The number of hydrogen-bond donors (Lipinski definition) is 2. The minimum atomic E-state index is -1.00. The number of nitrogens with one attached hydrogen (secondary N) is 1. The van der Waals surface area contributed by atoms with E-state index in [2.05, 4.69) is 10.2 Å². The van der Waals surface area contributed by atoms with Gasteiger partial charge in [0.25, 0.3) is 0 Å². The highest BCUT2D eigenvalue weighted by Crippen LogP contribution is 2.26. The first kappa shape index (κ1) is 16.8. The second kappa shape index (κ2) is 6.84. The molecule has 8 heteroatoms. The van der Waals surface area contributed by atoms with Crippen LogP contribution in [-0.4, -0.2) is 65.4 Å². The van der Waals surface area contributed by atoms with Crippen LogP contribution < -0.4 is 9.64 Å². The number of amides is 1. The number of H-pyrrole nitrogens is 1. The van der Waals surface area contributed by atoms with Gasteiger partial charge in [0.05, 0.1) is 12.8 Å². The van der Waals surface area contributed by atoms with Crippen LogP contribution in [-0.2, 0) is 9.59 Å². The highest BCUT2D eigenvalue weighted by atomic mass is 16.5. The monoisotopic (exact) mass is 344 g/mol. The standard InChI is InChI=1S/C17H20N4O4/c1-20(14-7-8-21(17(14)24)10-16(22)23)15-9-13(18-19-15)11-3-5-12(25-2)6-4-11/h3-6,9,14H,7-8,10H2,1-2H3,(H,18,19)(H,22,23). The molecule has 2 N–H and O–H groups in total. The molecule has 1 aromatic heterocycles. The van der Waals surface area contributed by atoms with E-state index < -0.39 is 12.0 Å². The third kappa shape index (κ3) is 3.42. The van der Waals surface area contributed by atoms with Gasteiger partial charge in [0.15, 0.2) is 5.82 Å². The van der Waals surface area contributed by atoms with E-state index >= 15 is 0 Å². The maximum absolute atomic E-state index is 12.4. The third-order valence-corrected chi connectivity index (χ3v) is 4.39. The summed E-state index contributed by atoms with van der Waals surface area (Å²) in [6.07, 6.45) is 0.577. The van der Waals surface area contributed by atoms with Crippen molar-refractivity contribution < 1.29 is 19.4 Å². The number of carbonyl (C=O) groups is 2. The van der Waals surface area contributed by atoms with Gasteiger partial charge < -0.3 is 19.6 Å². The molecule has 1 amide bonds. The summed E-state index contributed by atoms with van der Waals surface area (Å²) in [6, 6.07) is 9.05. The molecule has 25 heavy (non-hydrogen) atoms. The van der Waals surface area contributed by atoms with Crippen LogP contribution in [0.3, 0.4) is 0 Å². The molecular formula is C17H20N4O4. The van der Waals surface area contributed by atoms with E-state index in [0.29, 0.717) is 18.8 Å². The molecule has 0 bridgehead atoms. The summed E-state index contributed by atoms with van der Waals surface area (Å²) in [4.78, 5) is 26.3. The first-order valence-corrected chi connectivity index (χ1v) is 7.93. The predicted octanol–water partition coefficient (Wildman–Crippen LogP) is 1.21. The van der Waals surface area contributed by atoms with Crippen molar-refractivity contribution in [3.05, 3.63) is 30.3 Å². The Labute approximate surface area is 145 Å². The maximum atomic E-state index is 12.4. The second-order valence-corrected chi connectivity index (χ2v) is 5.94. The molecule has 0 saturated carbocycles. The van der Waals surface area contributed by atoms with Crippen LogP contribution in [0, 0.1) is 0 Å². The molecule has 0 spiro atoms. The molecule has 132 valence electrons. The van der Waals surface area contributed by atoms with E-state index in [1.54, 1.807) is 19.1 Å². The van der Waals surface area contributed by atoms with Crippen LogP contribution in [0.5, 0.6) is 5.75 Å². The summed E-state index contributed by atoms with van der Waals surface area (Å²) in [7, 11) is 3.41. The van der Waals surface area contributed by atoms with Crippen molar-refractivity contribution in [2.24, 2.45) is 0 Å². The quantitative estimate of drug-likeness (QED) is 0.817. The Hall–Kier alpha value is -3.03. The minimum Gasteiger partial charge on any atom is -0.497 e. The molecule has 0 radical (unpaired) electrons. The molecule has 1 aromatic carbocycles. The lowest BCUT2D eigenvalue weighted by molar-refractivity contribution is -0.143. The number of nitrogens with zero attached hydrogens (tertiary/aromatic N) is 3. The molecule has 1 saturated heterocycles. The molecule has 1 unspecified atom stereocenters. The first-order chi connectivity index (χ1) is 12.0.